The number of nitro benzene ring substituents is 1. The van der Waals surface area contributed by atoms with E-state index in [0.717, 1.165) is 6.07 Å². The zero-order valence-corrected chi connectivity index (χ0v) is 19.2. The number of rotatable bonds is 6. The highest BCUT2D eigenvalue weighted by Crippen LogP contribution is 2.23. The number of nitro groups is 1. The predicted octanol–water partition coefficient (Wildman–Crippen LogP) is -0.515. The van der Waals surface area contributed by atoms with Crippen LogP contribution in [0.5, 0.6) is 0 Å². The molecule has 7 N–H and O–H groups in total. The molecule has 4 amide bonds. The van der Waals surface area contributed by atoms with E-state index in [1.807, 2.05) is 0 Å². The summed E-state index contributed by atoms with van der Waals surface area (Å²) in [6.07, 6.45) is -0.741. The van der Waals surface area contributed by atoms with Crippen LogP contribution in [0.3, 0.4) is 0 Å². The van der Waals surface area contributed by atoms with Gasteiger partial charge in [-0.1, -0.05) is 13.8 Å². The third kappa shape index (κ3) is 7.38. The minimum absolute atomic E-state index is 0.0205. The monoisotopic (exact) mass is 492 g/mol. The number of carboxylic acid groups (broad SMARTS) is 1. The van der Waals surface area contributed by atoms with Crippen molar-refractivity contribution in [3.63, 3.8) is 0 Å². The van der Waals surface area contributed by atoms with Crippen LogP contribution in [0.2, 0.25) is 0 Å². The predicted molar refractivity (Wildman–Crippen MR) is 122 cm³/mol. The molecule has 0 aromatic heterocycles. The largest absolute Gasteiger partial charge is 0.481 e. The van der Waals surface area contributed by atoms with Crippen molar-refractivity contribution in [1.29, 1.82) is 0 Å². The highest BCUT2D eigenvalue weighted by atomic mass is 16.6. The summed E-state index contributed by atoms with van der Waals surface area (Å²) in [6.45, 7) is 3.32. The van der Waals surface area contributed by atoms with Gasteiger partial charge in [-0.2, -0.15) is 0 Å². The molecule has 35 heavy (non-hydrogen) atoms. The van der Waals surface area contributed by atoms with Crippen LogP contribution < -0.4 is 27.0 Å². The molecule has 1 aliphatic heterocycles. The molecule has 14 nitrogen and oxygen atoms in total. The number of nitrogens with zero attached hydrogens (tertiary/aromatic N) is 1. The number of carbonyl (C=O) groups excluding carboxylic acids is 4. The first-order chi connectivity index (χ1) is 16.4. The molecule has 0 radical (unpaired) electrons. The molecule has 0 unspecified atom stereocenters. The van der Waals surface area contributed by atoms with Crippen LogP contribution in [0.25, 0.3) is 0 Å². The Morgan fingerprint density at radius 1 is 1.17 bits per heavy atom. The third-order valence-electron chi connectivity index (χ3n) is 5.38. The Kier molecular flexibility index (Phi) is 9.08. The number of fused-ring (bicyclic) bond motifs is 1. The van der Waals surface area contributed by atoms with Crippen LogP contribution in [-0.4, -0.2) is 64.3 Å². The molecular formula is C21H28N6O8. The Hall–Kier alpha value is -4.23. The van der Waals surface area contributed by atoms with Crippen LogP contribution in [0.1, 0.15) is 43.5 Å². The molecule has 190 valence electrons. The topological polar surface area (TPSA) is 223 Å². The quantitative estimate of drug-likeness (QED) is 0.222. The number of hydrogen-bond acceptors (Lipinski definition) is 8. The van der Waals surface area contributed by atoms with Gasteiger partial charge in [0.1, 0.15) is 18.1 Å². The molecule has 0 aliphatic carbocycles. The van der Waals surface area contributed by atoms with Crippen LogP contribution in [0.4, 0.5) is 11.4 Å². The normalized spacial score (nSPS) is 21.5. The van der Waals surface area contributed by atoms with Gasteiger partial charge >= 0.3 is 5.97 Å². The SMILES string of the molecule is CC(C)[C@@H]1NC(=O)c2cc([N+](=O)[O-])ccc2NCC[C@@H](C(N)=O)NC(=O)[C@H](CCC(=O)O)NC1=O. The zero-order chi connectivity index (χ0) is 26.3. The van der Waals surface area contributed by atoms with E-state index < -0.39 is 65.0 Å². The fraction of sp³-hybridized carbons (Fsp3) is 0.476. The van der Waals surface area contributed by atoms with Crippen molar-refractivity contribution in [3.8, 4) is 0 Å². The lowest BCUT2D eigenvalue weighted by molar-refractivity contribution is -0.384. The molecule has 0 saturated carbocycles. The number of nitrogens with one attached hydrogen (secondary N) is 4. The van der Waals surface area contributed by atoms with Crippen molar-refractivity contribution >= 4 is 41.0 Å². The number of aliphatic carboxylic acids is 1. The first-order valence-electron chi connectivity index (χ1n) is 10.9. The van der Waals surface area contributed by atoms with Gasteiger partial charge in [0, 0.05) is 30.8 Å². The number of amides is 4. The van der Waals surface area contributed by atoms with Gasteiger partial charge in [-0.05, 0) is 24.8 Å². The standard InChI is InChI=1S/C21H28N6O8/c1-10(2)17-21(33)25-15(5-6-16(28)29)20(32)24-14(18(22)30)7-8-23-13-4-3-11(27(34)35)9-12(13)19(31)26-17/h3-4,9-10,14-15,17,23H,5-8H2,1-2H3,(H2,22,30)(H,24,32)(H,25,33)(H,26,31)(H,28,29)/t14-,15-,17-/m0/s1. The van der Waals surface area contributed by atoms with Crippen molar-refractivity contribution in [3.05, 3.63) is 33.9 Å². The van der Waals surface area contributed by atoms with Crippen molar-refractivity contribution in [1.82, 2.24) is 16.0 Å². The van der Waals surface area contributed by atoms with Crippen LogP contribution >= 0.6 is 0 Å². The molecule has 1 aromatic carbocycles. The summed E-state index contributed by atoms with van der Waals surface area (Å²) in [5, 5.41) is 30.5. The van der Waals surface area contributed by atoms with Gasteiger partial charge in [-0.15, -0.1) is 0 Å². The first-order valence-corrected chi connectivity index (χ1v) is 10.9. The van der Waals surface area contributed by atoms with E-state index in [0.29, 0.717) is 0 Å². The molecule has 3 atom stereocenters. The Bertz CT molecular complexity index is 1030. The fourth-order valence-electron chi connectivity index (χ4n) is 3.45. The average molecular weight is 492 g/mol. The van der Waals surface area contributed by atoms with Gasteiger partial charge in [0.05, 0.1) is 10.5 Å². The number of carbonyl (C=O) groups is 5. The summed E-state index contributed by atoms with van der Waals surface area (Å²) in [6, 6.07) is -0.0776. The molecule has 14 heteroatoms. The Balaban J connectivity index is 2.49. The van der Waals surface area contributed by atoms with Gasteiger partial charge < -0.3 is 32.1 Å². The number of non-ortho nitro benzene ring substituents is 1. The molecule has 1 aliphatic rings. The molecule has 0 bridgehead atoms. The number of benzene rings is 1. The molecule has 1 aromatic rings. The molecule has 0 spiro atoms. The highest BCUT2D eigenvalue weighted by molar-refractivity contribution is 6.03. The summed E-state index contributed by atoms with van der Waals surface area (Å²) in [4.78, 5) is 72.4. The summed E-state index contributed by atoms with van der Waals surface area (Å²) < 4.78 is 0. The second kappa shape index (κ2) is 11.8. The van der Waals surface area contributed by atoms with Crippen LogP contribution in [0, 0.1) is 16.0 Å². The van der Waals surface area contributed by atoms with E-state index in [-0.39, 0.29) is 36.3 Å². The Labute approximate surface area is 200 Å². The van der Waals surface area contributed by atoms with E-state index in [1.54, 1.807) is 13.8 Å². The zero-order valence-electron chi connectivity index (χ0n) is 19.2. The molecule has 1 heterocycles. The first kappa shape index (κ1) is 27.0. The van der Waals surface area contributed by atoms with E-state index in [4.69, 9.17) is 10.8 Å². The minimum Gasteiger partial charge on any atom is -0.481 e. The lowest BCUT2D eigenvalue weighted by Crippen LogP contribution is -2.57. The number of primary amides is 1. The van der Waals surface area contributed by atoms with Gasteiger partial charge in [0.25, 0.3) is 11.6 Å². The van der Waals surface area contributed by atoms with Crippen LogP contribution in [-0.2, 0) is 19.2 Å². The second-order valence-electron chi connectivity index (χ2n) is 8.35. The number of carboxylic acids is 1. The lowest BCUT2D eigenvalue weighted by atomic mass is 10.0. The summed E-state index contributed by atoms with van der Waals surface area (Å²) in [5.74, 6) is -4.88. The number of hydrogen-bond donors (Lipinski definition) is 6. The summed E-state index contributed by atoms with van der Waals surface area (Å²) >= 11 is 0. The molecule has 2 rings (SSSR count). The average Bonchev–Trinajstić information content (AvgIpc) is 2.77. The lowest BCUT2D eigenvalue weighted by Gasteiger charge is -2.27. The van der Waals surface area contributed by atoms with Gasteiger partial charge in [0.2, 0.25) is 17.7 Å². The summed E-state index contributed by atoms with van der Waals surface area (Å²) in [5.41, 5.74) is 5.16. The van der Waals surface area contributed by atoms with Crippen molar-refractivity contribution in [2.24, 2.45) is 11.7 Å². The maximum absolute atomic E-state index is 13.1. The molecular weight excluding hydrogens is 464 g/mol. The van der Waals surface area contributed by atoms with Gasteiger partial charge in [-0.3, -0.25) is 34.1 Å². The minimum atomic E-state index is -1.32. The third-order valence-corrected chi connectivity index (χ3v) is 5.38. The van der Waals surface area contributed by atoms with E-state index in [2.05, 4.69) is 21.3 Å². The highest BCUT2D eigenvalue weighted by Gasteiger charge is 2.32. The van der Waals surface area contributed by atoms with Gasteiger partial charge in [0.15, 0.2) is 0 Å². The molecule has 0 saturated heterocycles. The Morgan fingerprint density at radius 2 is 1.86 bits per heavy atom. The second-order valence-corrected chi connectivity index (χ2v) is 8.35. The maximum atomic E-state index is 13.1. The van der Waals surface area contributed by atoms with E-state index in [1.165, 1.54) is 12.1 Å². The smallest absolute Gasteiger partial charge is 0.303 e. The maximum Gasteiger partial charge on any atom is 0.303 e. The Morgan fingerprint density at radius 3 is 2.43 bits per heavy atom. The fourth-order valence-corrected chi connectivity index (χ4v) is 3.45. The number of anilines is 1. The summed E-state index contributed by atoms with van der Waals surface area (Å²) in [7, 11) is 0. The number of nitrogens with two attached hydrogens (primary N) is 1. The van der Waals surface area contributed by atoms with Gasteiger partial charge in [-0.25, -0.2) is 0 Å². The van der Waals surface area contributed by atoms with Crippen molar-refractivity contribution < 1.29 is 34.0 Å². The van der Waals surface area contributed by atoms with E-state index in [9.17, 15) is 34.1 Å². The van der Waals surface area contributed by atoms with Crippen LogP contribution in [0.15, 0.2) is 18.2 Å². The van der Waals surface area contributed by atoms with E-state index >= 15 is 0 Å². The van der Waals surface area contributed by atoms with Crippen molar-refractivity contribution in [2.75, 3.05) is 11.9 Å². The van der Waals surface area contributed by atoms with Crippen molar-refractivity contribution in [2.45, 2.75) is 51.2 Å². The molecule has 0 fully saturated rings.